The molecule has 98 valence electrons. The summed E-state index contributed by atoms with van der Waals surface area (Å²) in [6.07, 6.45) is 1.47. The first-order chi connectivity index (χ1) is 9.00. The fourth-order valence-electron chi connectivity index (χ4n) is 1.54. The number of pyridine rings is 1. The highest BCUT2D eigenvalue weighted by molar-refractivity contribution is 6.42. The van der Waals surface area contributed by atoms with Crippen LogP contribution >= 0.6 is 23.2 Å². The van der Waals surface area contributed by atoms with Crippen LogP contribution in [0.15, 0.2) is 30.5 Å². The van der Waals surface area contributed by atoms with Crippen LogP contribution in [0.4, 0.5) is 0 Å². The van der Waals surface area contributed by atoms with Gasteiger partial charge in [0.2, 0.25) is 5.88 Å². The Labute approximate surface area is 119 Å². The van der Waals surface area contributed by atoms with E-state index < -0.39 is 5.97 Å². The van der Waals surface area contributed by atoms with Crippen molar-refractivity contribution < 1.29 is 14.6 Å². The first-order valence-corrected chi connectivity index (χ1v) is 6.07. The highest BCUT2D eigenvalue weighted by Gasteiger charge is 2.17. The minimum Gasteiger partial charge on any atom is -0.477 e. The minimum absolute atomic E-state index is 0.00135. The van der Waals surface area contributed by atoms with Gasteiger partial charge >= 0.3 is 5.97 Å². The molecule has 1 aromatic heterocycles. The lowest BCUT2D eigenvalue weighted by molar-refractivity contribution is 0.0692. The third-order valence-electron chi connectivity index (χ3n) is 2.46. The number of halogens is 2. The van der Waals surface area contributed by atoms with Gasteiger partial charge in [0.15, 0.2) is 0 Å². The standard InChI is InChI=1S/C13H9Cl2NO3/c1-7-5-6-16-12(10(7)13(17)18)19-9-4-2-3-8(14)11(9)15/h2-6H,1H3,(H,17,18). The molecule has 2 rings (SSSR count). The highest BCUT2D eigenvalue weighted by atomic mass is 35.5. The maximum Gasteiger partial charge on any atom is 0.341 e. The lowest BCUT2D eigenvalue weighted by Crippen LogP contribution is -2.04. The maximum absolute atomic E-state index is 11.2. The first kappa shape index (κ1) is 13.6. The molecule has 0 aliphatic rings. The van der Waals surface area contributed by atoms with Crippen molar-refractivity contribution in [1.29, 1.82) is 0 Å². The number of aromatic nitrogens is 1. The van der Waals surface area contributed by atoms with Crippen LogP contribution in [0.1, 0.15) is 15.9 Å². The predicted octanol–water partition coefficient (Wildman–Crippen LogP) is 4.19. The number of aromatic carboxylic acids is 1. The molecule has 0 aliphatic heterocycles. The molecule has 0 amide bonds. The molecule has 0 radical (unpaired) electrons. The Kier molecular flexibility index (Phi) is 3.93. The van der Waals surface area contributed by atoms with Crippen molar-refractivity contribution in [3.63, 3.8) is 0 Å². The number of nitrogens with zero attached hydrogens (tertiary/aromatic N) is 1. The summed E-state index contributed by atoms with van der Waals surface area (Å²) in [5.41, 5.74) is 0.550. The number of ether oxygens (including phenoxy) is 1. The molecule has 0 spiro atoms. The molecule has 0 saturated carbocycles. The van der Waals surface area contributed by atoms with Crippen molar-refractivity contribution >= 4 is 29.2 Å². The predicted molar refractivity (Wildman–Crippen MR) is 72.5 cm³/mol. The third-order valence-corrected chi connectivity index (χ3v) is 3.26. The zero-order chi connectivity index (χ0) is 14.0. The van der Waals surface area contributed by atoms with Crippen LogP contribution in [-0.2, 0) is 0 Å². The van der Waals surface area contributed by atoms with Crippen molar-refractivity contribution in [1.82, 2.24) is 4.98 Å². The van der Waals surface area contributed by atoms with E-state index >= 15 is 0 Å². The Bertz CT molecular complexity index is 644. The second-order valence-corrected chi connectivity index (χ2v) is 4.55. The molecule has 1 N–H and O–H groups in total. The Morgan fingerprint density at radius 2 is 2.05 bits per heavy atom. The SMILES string of the molecule is Cc1ccnc(Oc2cccc(Cl)c2Cl)c1C(=O)O. The van der Waals surface area contributed by atoms with E-state index in [-0.39, 0.29) is 22.2 Å². The van der Waals surface area contributed by atoms with Gasteiger partial charge in [-0.1, -0.05) is 29.3 Å². The molecule has 0 saturated heterocycles. The number of carbonyl (C=O) groups is 1. The second-order valence-electron chi connectivity index (χ2n) is 3.77. The number of hydrogen-bond acceptors (Lipinski definition) is 3. The normalized spacial score (nSPS) is 10.3. The van der Waals surface area contributed by atoms with Crippen LogP contribution in [0.5, 0.6) is 11.6 Å². The summed E-state index contributed by atoms with van der Waals surface area (Å²) >= 11 is 11.8. The number of carboxylic acids is 1. The first-order valence-electron chi connectivity index (χ1n) is 5.31. The third kappa shape index (κ3) is 2.80. The zero-order valence-corrected chi connectivity index (χ0v) is 11.4. The quantitative estimate of drug-likeness (QED) is 0.923. The molecule has 2 aromatic rings. The van der Waals surface area contributed by atoms with E-state index in [0.717, 1.165) is 0 Å². The van der Waals surface area contributed by atoms with Crippen LogP contribution in [0.2, 0.25) is 10.0 Å². The Morgan fingerprint density at radius 1 is 1.32 bits per heavy atom. The van der Waals surface area contributed by atoms with Gasteiger partial charge < -0.3 is 9.84 Å². The van der Waals surface area contributed by atoms with E-state index in [1.54, 1.807) is 31.2 Å². The van der Waals surface area contributed by atoms with E-state index in [2.05, 4.69) is 4.98 Å². The van der Waals surface area contributed by atoms with E-state index in [0.29, 0.717) is 10.6 Å². The van der Waals surface area contributed by atoms with Gasteiger partial charge in [-0.3, -0.25) is 0 Å². The molecular formula is C13H9Cl2NO3. The van der Waals surface area contributed by atoms with Gasteiger partial charge in [-0.2, -0.15) is 0 Å². The molecule has 0 atom stereocenters. The van der Waals surface area contributed by atoms with Gasteiger partial charge in [0.25, 0.3) is 0 Å². The summed E-state index contributed by atoms with van der Waals surface area (Å²) in [4.78, 5) is 15.1. The van der Waals surface area contributed by atoms with Crippen LogP contribution in [0.3, 0.4) is 0 Å². The molecule has 6 heteroatoms. The van der Waals surface area contributed by atoms with E-state index in [1.807, 2.05) is 0 Å². The lowest BCUT2D eigenvalue weighted by Gasteiger charge is -2.10. The van der Waals surface area contributed by atoms with Crippen LogP contribution in [-0.4, -0.2) is 16.1 Å². The average Bonchev–Trinajstić information content (AvgIpc) is 2.34. The van der Waals surface area contributed by atoms with Gasteiger partial charge in [0.05, 0.1) is 5.02 Å². The molecule has 0 fully saturated rings. The topological polar surface area (TPSA) is 59.4 Å². The van der Waals surface area contributed by atoms with Crippen molar-refractivity contribution in [2.45, 2.75) is 6.92 Å². The Morgan fingerprint density at radius 3 is 2.74 bits per heavy atom. The van der Waals surface area contributed by atoms with Crippen molar-refractivity contribution in [3.8, 4) is 11.6 Å². The monoisotopic (exact) mass is 297 g/mol. The number of aryl methyl sites for hydroxylation is 1. The molecule has 4 nitrogen and oxygen atoms in total. The molecule has 1 heterocycles. The van der Waals surface area contributed by atoms with Gasteiger partial charge in [0, 0.05) is 6.20 Å². The minimum atomic E-state index is -1.11. The van der Waals surface area contributed by atoms with Gasteiger partial charge in [-0.05, 0) is 30.7 Å². The Balaban J connectivity index is 2.47. The zero-order valence-electron chi connectivity index (χ0n) is 9.85. The van der Waals surface area contributed by atoms with E-state index in [9.17, 15) is 4.79 Å². The second kappa shape index (κ2) is 5.47. The summed E-state index contributed by atoms with van der Waals surface area (Å²) in [6, 6.07) is 6.44. The summed E-state index contributed by atoms with van der Waals surface area (Å²) in [7, 11) is 0. The van der Waals surface area contributed by atoms with E-state index in [4.69, 9.17) is 33.0 Å². The molecular weight excluding hydrogens is 289 g/mol. The fraction of sp³-hybridized carbons (Fsp3) is 0.0769. The van der Waals surface area contributed by atoms with Crippen molar-refractivity contribution in [3.05, 3.63) is 51.6 Å². The molecule has 0 bridgehead atoms. The van der Waals surface area contributed by atoms with Gasteiger partial charge in [0.1, 0.15) is 16.3 Å². The number of carboxylic acid groups (broad SMARTS) is 1. The lowest BCUT2D eigenvalue weighted by atomic mass is 10.1. The van der Waals surface area contributed by atoms with Crippen molar-refractivity contribution in [2.75, 3.05) is 0 Å². The summed E-state index contributed by atoms with van der Waals surface area (Å²) in [5, 5.41) is 9.70. The van der Waals surface area contributed by atoms with E-state index in [1.165, 1.54) is 6.20 Å². The number of benzene rings is 1. The van der Waals surface area contributed by atoms with Gasteiger partial charge in [-0.15, -0.1) is 0 Å². The highest BCUT2D eigenvalue weighted by Crippen LogP contribution is 2.35. The molecule has 0 unspecified atom stereocenters. The average molecular weight is 298 g/mol. The largest absolute Gasteiger partial charge is 0.477 e. The molecule has 19 heavy (non-hydrogen) atoms. The van der Waals surface area contributed by atoms with Crippen LogP contribution < -0.4 is 4.74 Å². The van der Waals surface area contributed by atoms with Gasteiger partial charge in [-0.25, -0.2) is 9.78 Å². The number of hydrogen-bond donors (Lipinski definition) is 1. The molecule has 1 aromatic carbocycles. The summed E-state index contributed by atoms with van der Waals surface area (Å²) in [6.45, 7) is 1.66. The summed E-state index contributed by atoms with van der Waals surface area (Å²) < 4.78 is 5.45. The van der Waals surface area contributed by atoms with Crippen LogP contribution in [0, 0.1) is 6.92 Å². The fourth-order valence-corrected chi connectivity index (χ4v) is 1.87. The Hall–Kier alpha value is -1.78. The number of rotatable bonds is 3. The molecule has 0 aliphatic carbocycles. The van der Waals surface area contributed by atoms with Crippen molar-refractivity contribution in [2.24, 2.45) is 0 Å². The van der Waals surface area contributed by atoms with Crippen LogP contribution in [0.25, 0.3) is 0 Å². The maximum atomic E-state index is 11.2. The smallest absolute Gasteiger partial charge is 0.341 e. The summed E-state index contributed by atoms with van der Waals surface area (Å²) in [5.74, 6) is -0.870.